The Balaban J connectivity index is 1.61. The molecule has 0 radical (unpaired) electrons. The third kappa shape index (κ3) is 5.98. The van der Waals surface area contributed by atoms with Gasteiger partial charge in [0.05, 0.1) is 15.7 Å². The molecule has 0 aliphatic heterocycles. The summed E-state index contributed by atoms with van der Waals surface area (Å²) in [6.07, 6.45) is 2.81. The molecule has 9 heteroatoms. The zero-order valence-corrected chi connectivity index (χ0v) is 18.4. The van der Waals surface area contributed by atoms with E-state index in [0.29, 0.717) is 37.3 Å². The van der Waals surface area contributed by atoms with E-state index in [4.69, 9.17) is 63.0 Å². The normalized spacial score (nSPS) is 10.9. The largest absolute Gasteiger partial charge is 0.457 e. The van der Waals surface area contributed by atoms with Crippen LogP contribution in [0.15, 0.2) is 59.0 Å². The Kier molecular flexibility index (Phi) is 7.22. The van der Waals surface area contributed by atoms with Crippen molar-refractivity contribution in [2.75, 3.05) is 5.32 Å². The lowest BCUT2D eigenvalue weighted by Crippen LogP contribution is -2.32. The molecule has 0 aliphatic rings. The van der Waals surface area contributed by atoms with Crippen molar-refractivity contribution in [2.24, 2.45) is 0 Å². The van der Waals surface area contributed by atoms with Crippen LogP contribution in [0.1, 0.15) is 5.76 Å². The van der Waals surface area contributed by atoms with Crippen LogP contribution in [0.2, 0.25) is 20.1 Å². The molecule has 0 unspecified atom stereocenters. The quantitative estimate of drug-likeness (QED) is 0.306. The molecule has 0 saturated heterocycles. The number of carbonyl (C=O) groups is 1. The lowest BCUT2D eigenvalue weighted by atomic mass is 10.2. The molecule has 2 aromatic carbocycles. The van der Waals surface area contributed by atoms with Crippen LogP contribution in [-0.4, -0.2) is 11.0 Å². The van der Waals surface area contributed by atoms with Gasteiger partial charge in [-0.1, -0.05) is 52.5 Å². The van der Waals surface area contributed by atoms with E-state index in [2.05, 4.69) is 10.6 Å². The van der Waals surface area contributed by atoms with Crippen LogP contribution in [-0.2, 0) is 4.79 Å². The van der Waals surface area contributed by atoms with Gasteiger partial charge < -0.3 is 9.73 Å². The lowest BCUT2D eigenvalue weighted by Gasteiger charge is -2.10. The Labute approximate surface area is 192 Å². The van der Waals surface area contributed by atoms with E-state index in [0.717, 1.165) is 5.56 Å². The number of amides is 1. The molecule has 1 amide bonds. The second-order valence-corrected chi connectivity index (χ2v) is 7.80. The summed E-state index contributed by atoms with van der Waals surface area (Å²) in [7, 11) is 0. The number of rotatable bonds is 4. The molecule has 148 valence electrons. The second-order valence-electron chi connectivity index (χ2n) is 5.74. The summed E-state index contributed by atoms with van der Waals surface area (Å²) in [5.41, 5.74) is 1.22. The van der Waals surface area contributed by atoms with Crippen molar-refractivity contribution in [1.29, 1.82) is 0 Å². The number of benzene rings is 2. The van der Waals surface area contributed by atoms with Gasteiger partial charge in [-0.05, 0) is 60.8 Å². The summed E-state index contributed by atoms with van der Waals surface area (Å²) in [4.78, 5) is 12.1. The zero-order chi connectivity index (χ0) is 21.0. The van der Waals surface area contributed by atoms with Crippen LogP contribution in [0.5, 0.6) is 0 Å². The number of anilines is 1. The molecule has 0 aliphatic carbocycles. The molecule has 29 heavy (non-hydrogen) atoms. The zero-order valence-electron chi connectivity index (χ0n) is 14.5. The molecule has 4 nitrogen and oxygen atoms in total. The number of furan rings is 1. The number of nitrogens with one attached hydrogen (secondary N) is 2. The molecular formula is C20H12Cl4N2O2S. The molecule has 0 saturated carbocycles. The Morgan fingerprint density at radius 2 is 1.72 bits per heavy atom. The van der Waals surface area contributed by atoms with Crippen molar-refractivity contribution in [1.82, 2.24) is 5.32 Å². The summed E-state index contributed by atoms with van der Waals surface area (Å²) in [6, 6.07) is 13.6. The molecule has 3 rings (SSSR count). The number of carbonyl (C=O) groups excluding carboxylic acids is 1. The first-order valence-corrected chi connectivity index (χ1v) is 10.0. The fourth-order valence-electron chi connectivity index (χ4n) is 2.36. The highest BCUT2D eigenvalue weighted by molar-refractivity contribution is 7.80. The van der Waals surface area contributed by atoms with Crippen LogP contribution < -0.4 is 10.6 Å². The number of hydrogen-bond acceptors (Lipinski definition) is 3. The third-order valence-corrected chi connectivity index (χ3v) is 5.07. The Morgan fingerprint density at radius 3 is 2.45 bits per heavy atom. The smallest absolute Gasteiger partial charge is 0.250 e. The van der Waals surface area contributed by atoms with Gasteiger partial charge in [0, 0.05) is 21.7 Å². The van der Waals surface area contributed by atoms with Gasteiger partial charge in [0.2, 0.25) is 5.91 Å². The predicted octanol–water partition coefficient (Wildman–Crippen LogP) is 7.09. The van der Waals surface area contributed by atoms with Crippen molar-refractivity contribution in [3.63, 3.8) is 0 Å². The summed E-state index contributed by atoms with van der Waals surface area (Å²) in [5.74, 6) is 0.606. The fourth-order valence-corrected chi connectivity index (χ4v) is 3.44. The lowest BCUT2D eigenvalue weighted by molar-refractivity contribution is -0.115. The molecule has 1 aromatic heterocycles. The van der Waals surface area contributed by atoms with Gasteiger partial charge in [0.15, 0.2) is 5.11 Å². The van der Waals surface area contributed by atoms with E-state index in [1.807, 2.05) is 0 Å². The van der Waals surface area contributed by atoms with Crippen molar-refractivity contribution in [3.8, 4) is 11.3 Å². The Bertz CT molecular complexity index is 1090. The van der Waals surface area contributed by atoms with Gasteiger partial charge in [0.25, 0.3) is 0 Å². The number of halogens is 4. The minimum absolute atomic E-state index is 0.0810. The van der Waals surface area contributed by atoms with E-state index in [9.17, 15) is 4.79 Å². The van der Waals surface area contributed by atoms with Gasteiger partial charge in [0.1, 0.15) is 11.5 Å². The van der Waals surface area contributed by atoms with Crippen molar-refractivity contribution in [2.45, 2.75) is 0 Å². The van der Waals surface area contributed by atoms with Crippen molar-refractivity contribution < 1.29 is 9.21 Å². The van der Waals surface area contributed by atoms with Crippen molar-refractivity contribution >= 4 is 81.4 Å². The molecule has 1 heterocycles. The summed E-state index contributed by atoms with van der Waals surface area (Å²) in [6.45, 7) is 0. The van der Waals surface area contributed by atoms with E-state index in [-0.39, 0.29) is 5.11 Å². The highest BCUT2D eigenvalue weighted by Crippen LogP contribution is 2.30. The minimum atomic E-state index is -0.440. The first-order chi connectivity index (χ1) is 13.8. The van der Waals surface area contributed by atoms with E-state index < -0.39 is 5.91 Å². The highest BCUT2D eigenvalue weighted by Gasteiger charge is 2.08. The molecule has 0 bridgehead atoms. The standard InChI is InChI=1S/C20H12Cl4N2O2S/c21-12-8-11(9-13(22)10-12)17-6-4-14(28-17)5-7-18(27)26-20(29)25-16-3-1-2-15(23)19(16)24/h1-10H,(H2,25,26,27,29)/b7-5+. The molecule has 0 fully saturated rings. The molecule has 2 N–H and O–H groups in total. The average molecular weight is 486 g/mol. The van der Waals surface area contributed by atoms with Gasteiger partial charge in [-0.2, -0.15) is 0 Å². The van der Waals surface area contributed by atoms with Crippen molar-refractivity contribution in [3.05, 3.63) is 80.5 Å². The molecule has 0 spiro atoms. The van der Waals surface area contributed by atoms with Gasteiger partial charge in [-0.3, -0.25) is 10.1 Å². The topological polar surface area (TPSA) is 54.3 Å². The van der Waals surface area contributed by atoms with E-state index >= 15 is 0 Å². The Hall–Kier alpha value is -2.02. The fraction of sp³-hybridized carbons (Fsp3) is 0. The highest BCUT2D eigenvalue weighted by atomic mass is 35.5. The summed E-state index contributed by atoms with van der Waals surface area (Å²) in [5, 5.41) is 7.10. The van der Waals surface area contributed by atoms with E-state index in [1.165, 1.54) is 12.2 Å². The second kappa shape index (κ2) is 9.65. The maximum atomic E-state index is 12.1. The van der Waals surface area contributed by atoms with Crippen LogP contribution in [0.4, 0.5) is 5.69 Å². The minimum Gasteiger partial charge on any atom is -0.457 e. The number of hydrogen-bond donors (Lipinski definition) is 2. The Morgan fingerprint density at radius 1 is 1.00 bits per heavy atom. The molecule has 0 atom stereocenters. The third-order valence-electron chi connectivity index (χ3n) is 3.61. The van der Waals surface area contributed by atoms with Crippen LogP contribution >= 0.6 is 58.6 Å². The monoisotopic (exact) mass is 484 g/mol. The SMILES string of the molecule is O=C(/C=C/c1ccc(-c2cc(Cl)cc(Cl)c2)o1)NC(=S)Nc1cccc(Cl)c1Cl. The molecule has 3 aromatic rings. The predicted molar refractivity (Wildman–Crippen MR) is 124 cm³/mol. The van der Waals surface area contributed by atoms with Gasteiger partial charge in [-0.15, -0.1) is 0 Å². The summed E-state index contributed by atoms with van der Waals surface area (Å²) >= 11 is 29.1. The molecular weight excluding hydrogens is 474 g/mol. The average Bonchev–Trinajstić information content (AvgIpc) is 3.12. The van der Waals surface area contributed by atoms with Gasteiger partial charge in [-0.25, -0.2) is 0 Å². The van der Waals surface area contributed by atoms with E-state index in [1.54, 1.807) is 48.5 Å². The van der Waals surface area contributed by atoms with Crippen LogP contribution in [0.25, 0.3) is 17.4 Å². The number of thiocarbonyl (C=S) groups is 1. The van der Waals surface area contributed by atoms with Gasteiger partial charge >= 0.3 is 0 Å². The van der Waals surface area contributed by atoms with Crippen LogP contribution in [0, 0.1) is 0 Å². The summed E-state index contributed by atoms with van der Waals surface area (Å²) < 4.78 is 5.69. The van der Waals surface area contributed by atoms with Crippen LogP contribution in [0.3, 0.4) is 0 Å². The maximum Gasteiger partial charge on any atom is 0.250 e. The first-order valence-electron chi connectivity index (χ1n) is 8.12. The maximum absolute atomic E-state index is 12.1. The first kappa shape index (κ1) is 21.7.